The Balaban J connectivity index is 2.13. The number of thioether (sulfide) groups is 1. The SMILES string of the molecule is CSc1ccc(NC(C)c2ccc(F)cc2O)cc1. The van der Waals surface area contributed by atoms with E-state index in [4.69, 9.17) is 0 Å². The number of hydrogen-bond donors (Lipinski definition) is 2. The Morgan fingerprint density at radius 3 is 2.42 bits per heavy atom. The van der Waals surface area contributed by atoms with Crippen molar-refractivity contribution < 1.29 is 9.50 Å². The van der Waals surface area contributed by atoms with Crippen molar-refractivity contribution in [3.05, 3.63) is 53.8 Å². The summed E-state index contributed by atoms with van der Waals surface area (Å²) in [5, 5.41) is 13.0. The Hall–Kier alpha value is -1.68. The summed E-state index contributed by atoms with van der Waals surface area (Å²) in [5.74, 6) is -0.460. The molecule has 4 heteroatoms. The maximum Gasteiger partial charge on any atom is 0.126 e. The lowest BCUT2D eigenvalue weighted by Gasteiger charge is -2.17. The van der Waals surface area contributed by atoms with E-state index in [9.17, 15) is 9.50 Å². The van der Waals surface area contributed by atoms with Crippen LogP contribution in [-0.2, 0) is 0 Å². The van der Waals surface area contributed by atoms with Crippen molar-refractivity contribution in [3.8, 4) is 5.75 Å². The molecule has 2 rings (SSSR count). The lowest BCUT2D eigenvalue weighted by molar-refractivity contribution is 0.459. The van der Waals surface area contributed by atoms with E-state index in [2.05, 4.69) is 5.32 Å². The van der Waals surface area contributed by atoms with Gasteiger partial charge in [-0.15, -0.1) is 11.8 Å². The third-order valence-electron chi connectivity index (χ3n) is 2.93. The number of phenols is 1. The van der Waals surface area contributed by atoms with Crippen molar-refractivity contribution in [1.29, 1.82) is 0 Å². The zero-order valence-corrected chi connectivity index (χ0v) is 11.7. The predicted molar refractivity (Wildman–Crippen MR) is 78.3 cm³/mol. The van der Waals surface area contributed by atoms with Crippen LogP contribution in [0.1, 0.15) is 18.5 Å². The molecule has 100 valence electrons. The first-order valence-electron chi connectivity index (χ1n) is 5.99. The molecule has 0 amide bonds. The molecular formula is C15H16FNOS. The fourth-order valence-corrected chi connectivity index (χ4v) is 2.31. The van der Waals surface area contributed by atoms with Gasteiger partial charge < -0.3 is 10.4 Å². The summed E-state index contributed by atoms with van der Waals surface area (Å²) in [6.07, 6.45) is 2.03. The summed E-state index contributed by atoms with van der Waals surface area (Å²) < 4.78 is 12.9. The summed E-state index contributed by atoms with van der Waals surface area (Å²) in [6, 6.07) is 12.0. The van der Waals surface area contributed by atoms with Crippen LogP contribution < -0.4 is 5.32 Å². The first-order chi connectivity index (χ1) is 9.10. The number of benzene rings is 2. The maximum atomic E-state index is 12.9. The lowest BCUT2D eigenvalue weighted by atomic mass is 10.1. The first-order valence-corrected chi connectivity index (χ1v) is 7.21. The molecule has 0 heterocycles. The molecule has 19 heavy (non-hydrogen) atoms. The smallest absolute Gasteiger partial charge is 0.126 e. The van der Waals surface area contributed by atoms with Crippen LogP contribution in [0, 0.1) is 5.82 Å². The van der Waals surface area contributed by atoms with Gasteiger partial charge in [-0.05, 0) is 43.5 Å². The molecule has 0 saturated carbocycles. The van der Waals surface area contributed by atoms with Gasteiger partial charge in [0.15, 0.2) is 0 Å². The van der Waals surface area contributed by atoms with Gasteiger partial charge in [-0.2, -0.15) is 0 Å². The summed E-state index contributed by atoms with van der Waals surface area (Å²) in [4.78, 5) is 1.20. The van der Waals surface area contributed by atoms with Gasteiger partial charge in [0, 0.05) is 22.2 Å². The van der Waals surface area contributed by atoms with Crippen molar-refractivity contribution in [2.24, 2.45) is 0 Å². The van der Waals surface area contributed by atoms with Gasteiger partial charge in [0.25, 0.3) is 0 Å². The highest BCUT2D eigenvalue weighted by molar-refractivity contribution is 7.98. The van der Waals surface area contributed by atoms with E-state index < -0.39 is 5.82 Å². The summed E-state index contributed by atoms with van der Waals surface area (Å²) in [5.41, 5.74) is 1.64. The Kier molecular flexibility index (Phi) is 4.32. The van der Waals surface area contributed by atoms with E-state index in [-0.39, 0.29) is 11.8 Å². The average Bonchev–Trinajstić information content (AvgIpc) is 2.39. The van der Waals surface area contributed by atoms with E-state index in [1.165, 1.54) is 11.0 Å². The standard InChI is InChI=1S/C15H16FNOS/c1-10(14-8-3-11(16)9-15(14)18)17-12-4-6-13(19-2)7-5-12/h3-10,17-18H,1-2H3. The minimum atomic E-state index is -0.433. The molecule has 0 aliphatic rings. The minimum absolute atomic E-state index is 0.0271. The van der Waals surface area contributed by atoms with E-state index >= 15 is 0 Å². The van der Waals surface area contributed by atoms with E-state index in [1.54, 1.807) is 17.8 Å². The highest BCUT2D eigenvalue weighted by atomic mass is 32.2. The van der Waals surface area contributed by atoms with Gasteiger partial charge in [-0.3, -0.25) is 0 Å². The highest BCUT2D eigenvalue weighted by Crippen LogP contribution is 2.28. The molecule has 0 aromatic heterocycles. The Bertz CT molecular complexity index is 557. The molecule has 0 saturated heterocycles. The first kappa shape index (κ1) is 13.7. The molecule has 0 spiro atoms. The van der Waals surface area contributed by atoms with Gasteiger partial charge in [-0.25, -0.2) is 4.39 Å². The quantitative estimate of drug-likeness (QED) is 0.811. The molecule has 0 bridgehead atoms. The van der Waals surface area contributed by atoms with Gasteiger partial charge in [-0.1, -0.05) is 6.07 Å². The maximum absolute atomic E-state index is 12.9. The number of aromatic hydroxyl groups is 1. The fraction of sp³-hybridized carbons (Fsp3) is 0.200. The van der Waals surface area contributed by atoms with E-state index in [0.717, 1.165) is 11.8 Å². The van der Waals surface area contributed by atoms with Crippen LogP contribution in [0.25, 0.3) is 0 Å². The molecule has 2 aromatic rings. The van der Waals surface area contributed by atoms with Gasteiger partial charge in [0.2, 0.25) is 0 Å². The topological polar surface area (TPSA) is 32.3 Å². The van der Waals surface area contributed by atoms with Crippen LogP contribution in [-0.4, -0.2) is 11.4 Å². The lowest BCUT2D eigenvalue weighted by Crippen LogP contribution is -2.06. The fourth-order valence-electron chi connectivity index (χ4n) is 1.90. The average molecular weight is 277 g/mol. The number of anilines is 1. The molecule has 2 aromatic carbocycles. The zero-order chi connectivity index (χ0) is 13.8. The molecule has 0 fully saturated rings. The van der Waals surface area contributed by atoms with Crippen LogP contribution in [0.2, 0.25) is 0 Å². The van der Waals surface area contributed by atoms with Gasteiger partial charge in [0.1, 0.15) is 11.6 Å². The van der Waals surface area contributed by atoms with Crippen molar-refractivity contribution in [2.75, 3.05) is 11.6 Å². The molecule has 0 aliphatic carbocycles. The largest absolute Gasteiger partial charge is 0.507 e. The molecule has 0 aliphatic heterocycles. The number of halogens is 1. The molecular weight excluding hydrogens is 261 g/mol. The normalized spacial score (nSPS) is 12.2. The Morgan fingerprint density at radius 1 is 1.16 bits per heavy atom. The van der Waals surface area contributed by atoms with Gasteiger partial charge >= 0.3 is 0 Å². The third-order valence-corrected chi connectivity index (χ3v) is 3.68. The number of hydrogen-bond acceptors (Lipinski definition) is 3. The van der Waals surface area contributed by atoms with Crippen LogP contribution in [0.15, 0.2) is 47.4 Å². The van der Waals surface area contributed by atoms with Crippen molar-refractivity contribution in [2.45, 2.75) is 17.9 Å². The molecule has 0 radical (unpaired) electrons. The van der Waals surface area contributed by atoms with Crippen molar-refractivity contribution >= 4 is 17.4 Å². The minimum Gasteiger partial charge on any atom is -0.507 e. The monoisotopic (exact) mass is 277 g/mol. The van der Waals surface area contributed by atoms with E-state index in [1.807, 2.05) is 37.4 Å². The van der Waals surface area contributed by atoms with Crippen molar-refractivity contribution in [3.63, 3.8) is 0 Å². The third kappa shape index (κ3) is 3.41. The summed E-state index contributed by atoms with van der Waals surface area (Å²) in [7, 11) is 0. The molecule has 2 nitrogen and oxygen atoms in total. The second-order valence-corrected chi connectivity index (χ2v) is 5.18. The Labute approximate surface area is 116 Å². The second kappa shape index (κ2) is 5.97. The van der Waals surface area contributed by atoms with Crippen LogP contribution >= 0.6 is 11.8 Å². The van der Waals surface area contributed by atoms with Gasteiger partial charge in [0.05, 0.1) is 6.04 Å². The predicted octanol–water partition coefficient (Wildman–Crippen LogP) is 4.43. The Morgan fingerprint density at radius 2 is 1.84 bits per heavy atom. The summed E-state index contributed by atoms with van der Waals surface area (Å²) in [6.45, 7) is 1.93. The molecule has 1 unspecified atom stereocenters. The number of rotatable bonds is 4. The number of phenolic OH excluding ortho intramolecular Hbond substituents is 1. The van der Waals surface area contributed by atoms with Crippen LogP contribution in [0.5, 0.6) is 5.75 Å². The van der Waals surface area contributed by atoms with Crippen LogP contribution in [0.3, 0.4) is 0 Å². The molecule has 2 N–H and O–H groups in total. The van der Waals surface area contributed by atoms with Crippen LogP contribution in [0.4, 0.5) is 10.1 Å². The molecule has 1 atom stereocenters. The van der Waals surface area contributed by atoms with Crippen molar-refractivity contribution in [1.82, 2.24) is 0 Å². The van der Waals surface area contributed by atoms with E-state index in [0.29, 0.717) is 5.56 Å². The number of nitrogens with one attached hydrogen (secondary N) is 1. The summed E-state index contributed by atoms with van der Waals surface area (Å²) >= 11 is 1.69. The second-order valence-electron chi connectivity index (χ2n) is 4.30. The zero-order valence-electron chi connectivity index (χ0n) is 10.9. The highest BCUT2D eigenvalue weighted by Gasteiger charge is 2.10.